The van der Waals surface area contributed by atoms with E-state index in [1.807, 2.05) is 4.57 Å². The van der Waals surface area contributed by atoms with Crippen LogP contribution in [0.4, 0.5) is 0 Å². The van der Waals surface area contributed by atoms with Crippen LogP contribution in [0.5, 0.6) is 0 Å². The maximum Gasteiger partial charge on any atom is 0.205 e. The van der Waals surface area contributed by atoms with Crippen molar-refractivity contribution in [3.8, 4) is 0 Å². The van der Waals surface area contributed by atoms with E-state index in [9.17, 15) is 0 Å². The van der Waals surface area contributed by atoms with Crippen molar-refractivity contribution in [2.75, 3.05) is 13.2 Å². The summed E-state index contributed by atoms with van der Waals surface area (Å²) in [5, 5.41) is 3.35. The maximum absolute atomic E-state index is 5.34. The number of aromatic nitrogens is 2. The largest absolute Gasteiger partial charge is 0.377 e. The molecule has 1 radical (unpaired) electrons. The molecule has 1 N–H and O–H groups in total. The van der Waals surface area contributed by atoms with Crippen LogP contribution in [0, 0.1) is 6.33 Å². The minimum Gasteiger partial charge on any atom is -0.377 e. The number of imidazole rings is 1. The highest BCUT2D eigenvalue weighted by atomic mass is 16.5. The Morgan fingerprint density at radius 3 is 3.25 bits per heavy atom. The third kappa shape index (κ3) is 1.08. The smallest absolute Gasteiger partial charge is 0.205 e. The van der Waals surface area contributed by atoms with Crippen molar-refractivity contribution < 1.29 is 9.47 Å². The highest BCUT2D eigenvalue weighted by Gasteiger charge is 2.35. The quantitative estimate of drug-likeness (QED) is 0.626. The maximum atomic E-state index is 5.34. The molecular weight excluding hydrogens is 208 g/mol. The Hall–Kier alpha value is -1.40. The van der Waals surface area contributed by atoms with E-state index in [0.717, 1.165) is 24.0 Å². The lowest BCUT2D eigenvalue weighted by Crippen LogP contribution is -2.37. The molecule has 6 heteroatoms. The standard InChI is InChI=1S/C10H11N4O2/c1-6-7(2-15-1)13-10(12-6)14-5-11-8-3-16-4-9(8)14/h6-7H,1-4H2,(H,12,13). The van der Waals surface area contributed by atoms with E-state index in [1.54, 1.807) is 0 Å². The number of ether oxygens (including phenoxy) is 2. The normalized spacial score (nSPS) is 31.1. The summed E-state index contributed by atoms with van der Waals surface area (Å²) < 4.78 is 12.6. The average molecular weight is 219 g/mol. The van der Waals surface area contributed by atoms with Gasteiger partial charge in [0.15, 0.2) is 6.33 Å². The van der Waals surface area contributed by atoms with Crippen LogP contribution in [-0.2, 0) is 22.7 Å². The van der Waals surface area contributed by atoms with E-state index in [1.165, 1.54) is 0 Å². The highest BCUT2D eigenvalue weighted by molar-refractivity contribution is 5.85. The summed E-state index contributed by atoms with van der Waals surface area (Å²) in [6, 6.07) is 0.549. The minimum atomic E-state index is 0.240. The molecule has 3 aliphatic heterocycles. The molecule has 0 spiro atoms. The first-order chi connectivity index (χ1) is 7.92. The van der Waals surface area contributed by atoms with Gasteiger partial charge < -0.3 is 14.8 Å². The lowest BCUT2D eigenvalue weighted by atomic mass is 10.2. The summed E-state index contributed by atoms with van der Waals surface area (Å²) in [5.41, 5.74) is 2.03. The monoisotopic (exact) mass is 219 g/mol. The second-order valence-electron chi connectivity index (χ2n) is 4.24. The number of nitrogens with zero attached hydrogens (tertiary/aromatic N) is 3. The van der Waals surface area contributed by atoms with Gasteiger partial charge in [0.25, 0.3) is 0 Å². The molecule has 2 atom stereocenters. The van der Waals surface area contributed by atoms with Crippen LogP contribution in [0.1, 0.15) is 11.4 Å². The Balaban J connectivity index is 1.71. The van der Waals surface area contributed by atoms with Crippen LogP contribution >= 0.6 is 0 Å². The van der Waals surface area contributed by atoms with Crippen LogP contribution in [0.15, 0.2) is 4.99 Å². The van der Waals surface area contributed by atoms with Gasteiger partial charge in [0.05, 0.1) is 49.9 Å². The Kier molecular flexibility index (Phi) is 1.66. The van der Waals surface area contributed by atoms with E-state index in [4.69, 9.17) is 9.47 Å². The molecule has 1 saturated heterocycles. The van der Waals surface area contributed by atoms with Crippen LogP contribution < -0.4 is 5.32 Å². The molecule has 2 unspecified atom stereocenters. The molecule has 6 nitrogen and oxygen atoms in total. The number of rotatable bonds is 0. The van der Waals surface area contributed by atoms with Gasteiger partial charge in [-0.3, -0.25) is 4.57 Å². The zero-order valence-corrected chi connectivity index (χ0v) is 8.64. The van der Waals surface area contributed by atoms with E-state index in [0.29, 0.717) is 25.9 Å². The number of hydrogen-bond acceptors (Lipinski definition) is 5. The number of aliphatic imine (C=N–C) groups is 1. The van der Waals surface area contributed by atoms with Crippen molar-refractivity contribution in [2.24, 2.45) is 4.99 Å². The zero-order chi connectivity index (χ0) is 10.5. The van der Waals surface area contributed by atoms with Crippen molar-refractivity contribution in [3.63, 3.8) is 0 Å². The van der Waals surface area contributed by atoms with Gasteiger partial charge in [-0.2, -0.15) is 0 Å². The van der Waals surface area contributed by atoms with Gasteiger partial charge in [0.2, 0.25) is 5.96 Å². The molecule has 0 aromatic carbocycles. The third-order valence-corrected chi connectivity index (χ3v) is 3.23. The molecule has 0 saturated carbocycles. The minimum absolute atomic E-state index is 0.240. The predicted octanol–water partition coefficient (Wildman–Crippen LogP) is -0.712. The molecule has 1 fully saturated rings. The molecule has 0 bridgehead atoms. The Morgan fingerprint density at radius 1 is 1.31 bits per heavy atom. The summed E-state index contributed by atoms with van der Waals surface area (Å²) in [7, 11) is 0. The van der Waals surface area contributed by atoms with Gasteiger partial charge in [0.1, 0.15) is 0 Å². The number of hydrogen-bond donors (Lipinski definition) is 1. The summed E-state index contributed by atoms with van der Waals surface area (Å²) in [4.78, 5) is 8.78. The van der Waals surface area contributed by atoms with Crippen molar-refractivity contribution in [1.29, 1.82) is 0 Å². The number of nitrogens with one attached hydrogen (secondary N) is 1. The fourth-order valence-electron chi connectivity index (χ4n) is 2.34. The summed E-state index contributed by atoms with van der Waals surface area (Å²) in [5.74, 6) is 0.831. The van der Waals surface area contributed by atoms with Gasteiger partial charge >= 0.3 is 0 Å². The average Bonchev–Trinajstić information content (AvgIpc) is 2.95. The Morgan fingerprint density at radius 2 is 2.31 bits per heavy atom. The molecule has 1 aromatic rings. The first kappa shape index (κ1) is 8.72. The fraction of sp³-hybridized carbons (Fsp3) is 0.600. The van der Waals surface area contributed by atoms with E-state index in [2.05, 4.69) is 21.6 Å². The fourth-order valence-corrected chi connectivity index (χ4v) is 2.34. The van der Waals surface area contributed by atoms with Gasteiger partial charge in [0, 0.05) is 0 Å². The Bertz CT molecular complexity index is 467. The Labute approximate surface area is 92.3 Å². The van der Waals surface area contributed by atoms with Crippen LogP contribution in [0.25, 0.3) is 0 Å². The molecule has 4 heterocycles. The lowest BCUT2D eigenvalue weighted by Gasteiger charge is -2.09. The highest BCUT2D eigenvalue weighted by Crippen LogP contribution is 2.20. The number of fused-ring (bicyclic) bond motifs is 2. The van der Waals surface area contributed by atoms with E-state index < -0.39 is 0 Å². The van der Waals surface area contributed by atoms with Gasteiger partial charge in [-0.1, -0.05) is 0 Å². The molecule has 4 rings (SSSR count). The zero-order valence-electron chi connectivity index (χ0n) is 8.64. The molecule has 83 valence electrons. The van der Waals surface area contributed by atoms with Crippen molar-refractivity contribution in [3.05, 3.63) is 17.7 Å². The van der Waals surface area contributed by atoms with Gasteiger partial charge in [-0.25, -0.2) is 9.98 Å². The van der Waals surface area contributed by atoms with Crippen LogP contribution in [-0.4, -0.2) is 40.8 Å². The molecular formula is C10H11N4O2. The van der Waals surface area contributed by atoms with Crippen molar-refractivity contribution in [2.45, 2.75) is 25.3 Å². The molecule has 3 aliphatic rings. The summed E-state index contributed by atoms with van der Waals surface area (Å²) >= 11 is 0. The first-order valence-electron chi connectivity index (χ1n) is 5.40. The lowest BCUT2D eigenvalue weighted by molar-refractivity contribution is 0.130. The topological polar surface area (TPSA) is 60.7 Å². The summed E-state index contributed by atoms with van der Waals surface area (Å²) in [6.45, 7) is 2.61. The molecule has 0 amide bonds. The van der Waals surface area contributed by atoms with Crippen molar-refractivity contribution in [1.82, 2.24) is 14.9 Å². The van der Waals surface area contributed by atoms with Crippen LogP contribution in [0.2, 0.25) is 0 Å². The first-order valence-corrected chi connectivity index (χ1v) is 5.40. The van der Waals surface area contributed by atoms with Crippen LogP contribution in [0.3, 0.4) is 0 Å². The molecule has 0 aliphatic carbocycles. The molecule has 16 heavy (non-hydrogen) atoms. The van der Waals surface area contributed by atoms with E-state index >= 15 is 0 Å². The van der Waals surface area contributed by atoms with Gasteiger partial charge in [-0.05, 0) is 0 Å². The summed E-state index contributed by atoms with van der Waals surface area (Å²) in [6.07, 6.45) is 2.96. The predicted molar refractivity (Wildman–Crippen MR) is 53.9 cm³/mol. The molecule has 1 aromatic heterocycles. The third-order valence-electron chi connectivity index (χ3n) is 3.23. The van der Waals surface area contributed by atoms with E-state index in [-0.39, 0.29) is 6.04 Å². The second-order valence-corrected chi connectivity index (χ2v) is 4.24. The van der Waals surface area contributed by atoms with Gasteiger partial charge in [-0.15, -0.1) is 0 Å². The second kappa shape index (κ2) is 3.05. The SMILES string of the molecule is [c]1nc2c(n1C1=NC3COCC3N1)COC2. The van der Waals surface area contributed by atoms with Crippen molar-refractivity contribution >= 4 is 5.96 Å².